The predicted molar refractivity (Wildman–Crippen MR) is 106 cm³/mol. The molecule has 27 heavy (non-hydrogen) atoms. The Morgan fingerprint density at radius 2 is 1.74 bits per heavy atom. The number of carbonyl (C=O) groups is 1. The van der Waals surface area contributed by atoms with E-state index in [0.29, 0.717) is 13.0 Å². The average molecular weight is 368 g/mol. The van der Waals surface area contributed by atoms with Crippen LogP contribution in [0.25, 0.3) is 0 Å². The summed E-state index contributed by atoms with van der Waals surface area (Å²) in [7, 11) is 1.65. The number of amides is 1. The molecule has 1 aliphatic heterocycles. The summed E-state index contributed by atoms with van der Waals surface area (Å²) in [4.78, 5) is 14.6. The number of benzene rings is 2. The zero-order valence-electron chi connectivity index (χ0n) is 16.2. The summed E-state index contributed by atoms with van der Waals surface area (Å²) in [5.74, 6) is 0.828. The van der Waals surface area contributed by atoms with Crippen LogP contribution in [0.1, 0.15) is 22.3 Å². The van der Waals surface area contributed by atoms with Crippen molar-refractivity contribution in [1.29, 1.82) is 0 Å². The Morgan fingerprint density at radius 3 is 2.44 bits per heavy atom. The minimum atomic E-state index is 0.0123. The zero-order chi connectivity index (χ0) is 19.1. The van der Waals surface area contributed by atoms with E-state index >= 15 is 0 Å². The summed E-state index contributed by atoms with van der Waals surface area (Å²) in [6, 6.07) is 14.3. The van der Waals surface area contributed by atoms with E-state index in [1.807, 2.05) is 25.1 Å². The number of methoxy groups -OCH3 is 1. The number of rotatable bonds is 7. The van der Waals surface area contributed by atoms with Crippen molar-refractivity contribution < 1.29 is 14.3 Å². The van der Waals surface area contributed by atoms with Crippen molar-refractivity contribution >= 4 is 5.91 Å². The second kappa shape index (κ2) is 9.53. The molecule has 2 aromatic carbocycles. The van der Waals surface area contributed by atoms with E-state index in [1.54, 1.807) is 7.11 Å². The Balaban J connectivity index is 1.47. The summed E-state index contributed by atoms with van der Waals surface area (Å²) in [6.45, 7) is 7.09. The van der Waals surface area contributed by atoms with Crippen molar-refractivity contribution in [2.75, 3.05) is 33.4 Å². The van der Waals surface area contributed by atoms with Crippen LogP contribution < -0.4 is 10.1 Å². The van der Waals surface area contributed by atoms with E-state index in [1.165, 1.54) is 5.56 Å². The molecule has 1 heterocycles. The number of ether oxygens (including phenoxy) is 2. The molecule has 1 N–H and O–H groups in total. The highest BCUT2D eigenvalue weighted by atomic mass is 16.5. The lowest BCUT2D eigenvalue weighted by Gasteiger charge is -2.26. The van der Waals surface area contributed by atoms with Crippen molar-refractivity contribution in [3.05, 3.63) is 64.7 Å². The first kappa shape index (κ1) is 19.4. The molecule has 3 rings (SSSR count). The lowest BCUT2D eigenvalue weighted by atomic mass is 10.1. The SMILES string of the molecule is COc1cc(CC(=O)NCc2ccc(CN3CCOCC3)cc2)ccc1C. The molecule has 0 radical (unpaired) electrons. The largest absolute Gasteiger partial charge is 0.496 e. The van der Waals surface area contributed by atoms with E-state index in [9.17, 15) is 4.79 Å². The lowest BCUT2D eigenvalue weighted by molar-refractivity contribution is -0.120. The monoisotopic (exact) mass is 368 g/mol. The maximum absolute atomic E-state index is 12.2. The van der Waals surface area contributed by atoms with Crippen molar-refractivity contribution in [3.63, 3.8) is 0 Å². The average Bonchev–Trinajstić information content (AvgIpc) is 2.70. The molecule has 0 bridgehead atoms. The summed E-state index contributed by atoms with van der Waals surface area (Å²) in [6.07, 6.45) is 0.353. The molecule has 0 saturated carbocycles. The Bertz CT molecular complexity index is 753. The topological polar surface area (TPSA) is 50.8 Å². The molecule has 1 fully saturated rings. The molecule has 2 aromatic rings. The molecule has 0 aromatic heterocycles. The standard InChI is InChI=1S/C22H28N2O3/c1-17-3-4-20(13-21(17)26-2)14-22(25)23-15-18-5-7-19(8-6-18)16-24-9-11-27-12-10-24/h3-8,13H,9-12,14-16H2,1-2H3,(H,23,25). The molecule has 0 unspecified atom stereocenters. The van der Waals surface area contributed by atoms with Crippen molar-refractivity contribution in [2.45, 2.75) is 26.4 Å². The quantitative estimate of drug-likeness (QED) is 0.816. The first-order valence-electron chi connectivity index (χ1n) is 9.42. The summed E-state index contributed by atoms with van der Waals surface area (Å²) >= 11 is 0. The molecule has 1 amide bonds. The number of aryl methyl sites for hydroxylation is 1. The highest BCUT2D eigenvalue weighted by Crippen LogP contribution is 2.19. The van der Waals surface area contributed by atoms with Gasteiger partial charge >= 0.3 is 0 Å². The minimum absolute atomic E-state index is 0.0123. The van der Waals surface area contributed by atoms with Gasteiger partial charge in [-0.15, -0.1) is 0 Å². The van der Waals surface area contributed by atoms with Gasteiger partial charge in [0.2, 0.25) is 5.91 Å². The maximum Gasteiger partial charge on any atom is 0.224 e. The minimum Gasteiger partial charge on any atom is -0.496 e. The number of hydrogen-bond acceptors (Lipinski definition) is 4. The van der Waals surface area contributed by atoms with Gasteiger partial charge in [0.15, 0.2) is 0 Å². The van der Waals surface area contributed by atoms with Gasteiger partial charge in [-0.25, -0.2) is 0 Å². The second-order valence-electron chi connectivity index (χ2n) is 6.96. The highest BCUT2D eigenvalue weighted by Gasteiger charge is 2.11. The van der Waals surface area contributed by atoms with Crippen molar-refractivity contribution in [1.82, 2.24) is 10.2 Å². The third-order valence-electron chi connectivity index (χ3n) is 4.86. The van der Waals surface area contributed by atoms with Gasteiger partial charge < -0.3 is 14.8 Å². The molecule has 0 aliphatic carbocycles. The van der Waals surface area contributed by atoms with Gasteiger partial charge in [-0.3, -0.25) is 9.69 Å². The number of morpholine rings is 1. The second-order valence-corrected chi connectivity index (χ2v) is 6.96. The predicted octanol–water partition coefficient (Wildman–Crippen LogP) is 2.69. The first-order valence-corrected chi connectivity index (χ1v) is 9.42. The third-order valence-corrected chi connectivity index (χ3v) is 4.86. The third kappa shape index (κ3) is 5.81. The van der Waals surface area contributed by atoms with E-state index in [4.69, 9.17) is 9.47 Å². The number of nitrogens with zero attached hydrogens (tertiary/aromatic N) is 1. The molecule has 5 heteroatoms. The van der Waals surface area contributed by atoms with Gasteiger partial charge in [0.1, 0.15) is 5.75 Å². The molecule has 144 valence electrons. The van der Waals surface area contributed by atoms with Crippen LogP contribution in [-0.4, -0.2) is 44.2 Å². The number of hydrogen-bond donors (Lipinski definition) is 1. The number of carbonyl (C=O) groups excluding carboxylic acids is 1. The van der Waals surface area contributed by atoms with E-state index in [0.717, 1.165) is 55.3 Å². The normalized spacial score (nSPS) is 14.7. The van der Waals surface area contributed by atoms with Crippen LogP contribution in [-0.2, 0) is 29.0 Å². The summed E-state index contributed by atoms with van der Waals surface area (Å²) in [5, 5.41) is 2.99. The van der Waals surface area contributed by atoms with Crippen LogP contribution in [0.3, 0.4) is 0 Å². The van der Waals surface area contributed by atoms with Crippen LogP contribution in [0.2, 0.25) is 0 Å². The highest BCUT2D eigenvalue weighted by molar-refractivity contribution is 5.78. The molecule has 0 spiro atoms. The van der Waals surface area contributed by atoms with Gasteiger partial charge in [0, 0.05) is 26.2 Å². The Hall–Kier alpha value is -2.37. The van der Waals surface area contributed by atoms with Crippen molar-refractivity contribution in [2.24, 2.45) is 0 Å². The van der Waals surface area contributed by atoms with Crippen LogP contribution in [0.15, 0.2) is 42.5 Å². The van der Waals surface area contributed by atoms with Crippen LogP contribution in [0.4, 0.5) is 0 Å². The fraction of sp³-hybridized carbons (Fsp3) is 0.409. The Kier molecular flexibility index (Phi) is 6.85. The smallest absolute Gasteiger partial charge is 0.224 e. The maximum atomic E-state index is 12.2. The van der Waals surface area contributed by atoms with Gasteiger partial charge in [-0.05, 0) is 35.2 Å². The Labute approximate surface area is 161 Å². The van der Waals surface area contributed by atoms with E-state index in [2.05, 4.69) is 34.5 Å². The summed E-state index contributed by atoms with van der Waals surface area (Å²) in [5.41, 5.74) is 4.42. The van der Waals surface area contributed by atoms with Crippen LogP contribution in [0.5, 0.6) is 5.75 Å². The van der Waals surface area contributed by atoms with Gasteiger partial charge in [0.25, 0.3) is 0 Å². The molecule has 1 saturated heterocycles. The summed E-state index contributed by atoms with van der Waals surface area (Å²) < 4.78 is 10.7. The number of nitrogens with one attached hydrogen (secondary N) is 1. The molecular formula is C22H28N2O3. The zero-order valence-corrected chi connectivity index (χ0v) is 16.2. The Morgan fingerprint density at radius 1 is 1.07 bits per heavy atom. The van der Waals surface area contributed by atoms with E-state index in [-0.39, 0.29) is 5.91 Å². The first-order chi connectivity index (χ1) is 13.1. The van der Waals surface area contributed by atoms with Crippen molar-refractivity contribution in [3.8, 4) is 5.75 Å². The van der Waals surface area contributed by atoms with Crippen LogP contribution in [0, 0.1) is 6.92 Å². The van der Waals surface area contributed by atoms with Crippen LogP contribution >= 0.6 is 0 Å². The molecular weight excluding hydrogens is 340 g/mol. The van der Waals surface area contributed by atoms with E-state index < -0.39 is 0 Å². The van der Waals surface area contributed by atoms with Gasteiger partial charge in [0.05, 0.1) is 26.7 Å². The fourth-order valence-electron chi connectivity index (χ4n) is 3.20. The van der Waals surface area contributed by atoms with Gasteiger partial charge in [-0.2, -0.15) is 0 Å². The molecule has 5 nitrogen and oxygen atoms in total. The fourth-order valence-corrected chi connectivity index (χ4v) is 3.20. The lowest BCUT2D eigenvalue weighted by Crippen LogP contribution is -2.35. The molecule has 0 atom stereocenters. The molecule has 1 aliphatic rings. The van der Waals surface area contributed by atoms with Gasteiger partial charge in [-0.1, -0.05) is 36.4 Å².